The summed E-state index contributed by atoms with van der Waals surface area (Å²) in [5.41, 5.74) is 0. The first-order valence-corrected chi connectivity index (χ1v) is 5.90. The summed E-state index contributed by atoms with van der Waals surface area (Å²) < 4.78 is 38.6. The van der Waals surface area contributed by atoms with Gasteiger partial charge in [-0.3, -0.25) is 0 Å². The van der Waals surface area contributed by atoms with Gasteiger partial charge in [-0.15, -0.1) is 10.2 Å². The molecule has 0 unspecified atom stereocenters. The van der Waals surface area contributed by atoms with Crippen LogP contribution in [0.4, 0.5) is 4.39 Å². The van der Waals surface area contributed by atoms with Crippen LogP contribution in [0, 0.1) is 5.82 Å². The molecule has 0 fully saturated rings. The van der Waals surface area contributed by atoms with Gasteiger partial charge in [0.05, 0.1) is 6.54 Å². The number of sulfonamides is 1. The van der Waals surface area contributed by atoms with Crippen LogP contribution < -0.4 is 4.72 Å². The zero-order valence-electron chi connectivity index (χ0n) is 8.33. The highest BCUT2D eigenvalue weighted by atomic mass is 32.2. The Morgan fingerprint density at radius 1 is 1.47 bits per heavy atom. The number of rotatable bonds is 4. The van der Waals surface area contributed by atoms with Gasteiger partial charge < -0.3 is 0 Å². The molecule has 2 aromatic rings. The maximum absolute atomic E-state index is 13.2. The van der Waals surface area contributed by atoms with E-state index in [2.05, 4.69) is 30.3 Å². The van der Waals surface area contributed by atoms with Gasteiger partial charge in [0.15, 0.2) is 11.6 Å². The summed E-state index contributed by atoms with van der Waals surface area (Å²) in [6.07, 6.45) is 1.19. The quantitative estimate of drug-likeness (QED) is 0.743. The average molecular weight is 258 g/mol. The fourth-order valence-electron chi connectivity index (χ4n) is 1.05. The van der Waals surface area contributed by atoms with Gasteiger partial charge in [-0.25, -0.2) is 22.5 Å². The number of aromatic amines is 1. The zero-order valence-corrected chi connectivity index (χ0v) is 9.15. The maximum Gasteiger partial charge on any atom is 0.261 e. The molecule has 90 valence electrons. The number of hydrogen-bond acceptors (Lipinski definition) is 6. The van der Waals surface area contributed by atoms with Crippen molar-refractivity contribution in [2.75, 3.05) is 0 Å². The number of aromatic nitrogens is 5. The second kappa shape index (κ2) is 4.51. The number of pyridine rings is 1. The molecule has 0 radical (unpaired) electrons. The highest BCUT2D eigenvalue weighted by Crippen LogP contribution is 2.09. The molecule has 0 aliphatic carbocycles. The average Bonchev–Trinajstić information content (AvgIpc) is 2.80. The largest absolute Gasteiger partial charge is 0.261 e. The fourth-order valence-corrected chi connectivity index (χ4v) is 2.03. The van der Waals surface area contributed by atoms with Crippen LogP contribution in [-0.2, 0) is 16.6 Å². The van der Waals surface area contributed by atoms with Gasteiger partial charge in [0.1, 0.15) is 0 Å². The highest BCUT2D eigenvalue weighted by molar-refractivity contribution is 7.89. The molecule has 10 heteroatoms. The zero-order chi connectivity index (χ0) is 12.3. The fraction of sp³-hybridized carbons (Fsp3) is 0.143. The van der Waals surface area contributed by atoms with E-state index in [-0.39, 0.29) is 12.4 Å². The van der Waals surface area contributed by atoms with Crippen molar-refractivity contribution in [2.45, 2.75) is 11.6 Å². The number of H-pyrrole nitrogens is 1. The molecule has 0 spiro atoms. The number of tetrazole rings is 1. The van der Waals surface area contributed by atoms with Crippen molar-refractivity contribution < 1.29 is 12.8 Å². The Balaban J connectivity index is 2.17. The predicted molar refractivity (Wildman–Crippen MR) is 52.4 cm³/mol. The molecule has 2 rings (SSSR count). The second-order valence-corrected chi connectivity index (χ2v) is 4.63. The molecule has 0 aliphatic rings. The van der Waals surface area contributed by atoms with Gasteiger partial charge in [0.2, 0.25) is 5.03 Å². The van der Waals surface area contributed by atoms with Gasteiger partial charge in [-0.1, -0.05) is 5.21 Å². The third-order valence-electron chi connectivity index (χ3n) is 1.79. The molecule has 0 saturated heterocycles. The molecule has 0 amide bonds. The summed E-state index contributed by atoms with van der Waals surface area (Å²) in [6.45, 7) is -0.200. The standard InChI is InChI=1S/C7H7FN6O2S/c8-5-2-1-3-9-7(5)17(15,16)10-4-6-11-13-14-12-6/h1-3,10H,4H2,(H,11,12,13,14). The van der Waals surface area contributed by atoms with Gasteiger partial charge in [-0.2, -0.15) is 5.21 Å². The van der Waals surface area contributed by atoms with E-state index < -0.39 is 20.9 Å². The van der Waals surface area contributed by atoms with E-state index in [9.17, 15) is 12.8 Å². The minimum absolute atomic E-state index is 0.143. The lowest BCUT2D eigenvalue weighted by molar-refractivity contribution is 0.543. The summed E-state index contributed by atoms with van der Waals surface area (Å²) in [4.78, 5) is 3.46. The van der Waals surface area contributed by atoms with Gasteiger partial charge in [-0.05, 0) is 12.1 Å². The van der Waals surface area contributed by atoms with Crippen molar-refractivity contribution in [1.82, 2.24) is 30.3 Å². The van der Waals surface area contributed by atoms with Crippen LogP contribution in [-0.4, -0.2) is 34.0 Å². The van der Waals surface area contributed by atoms with Crippen molar-refractivity contribution in [3.63, 3.8) is 0 Å². The Morgan fingerprint density at radius 2 is 2.29 bits per heavy atom. The highest BCUT2D eigenvalue weighted by Gasteiger charge is 2.20. The smallest absolute Gasteiger partial charge is 0.241 e. The summed E-state index contributed by atoms with van der Waals surface area (Å²) in [5.74, 6) is -0.780. The van der Waals surface area contributed by atoms with Crippen molar-refractivity contribution in [3.05, 3.63) is 30.0 Å². The van der Waals surface area contributed by atoms with Crippen LogP contribution in [0.1, 0.15) is 5.82 Å². The Labute approximate surface area is 95.3 Å². The second-order valence-electron chi connectivity index (χ2n) is 2.94. The first-order chi connectivity index (χ1) is 8.09. The Bertz CT molecular complexity index is 599. The minimum Gasteiger partial charge on any atom is -0.241 e. The predicted octanol–water partition coefficient (Wildman–Crippen LogP) is -0.788. The Hall–Kier alpha value is -1.94. The van der Waals surface area contributed by atoms with E-state index in [1.165, 1.54) is 12.3 Å². The third-order valence-corrected chi connectivity index (χ3v) is 3.12. The first kappa shape index (κ1) is 11.5. The number of hydrogen-bond donors (Lipinski definition) is 2. The van der Waals surface area contributed by atoms with E-state index in [0.717, 1.165) is 6.07 Å². The van der Waals surface area contributed by atoms with Crippen LogP contribution in [0.15, 0.2) is 23.4 Å². The minimum atomic E-state index is -4.02. The van der Waals surface area contributed by atoms with Gasteiger partial charge in [0, 0.05) is 6.20 Å². The maximum atomic E-state index is 13.2. The molecule has 2 N–H and O–H groups in total. The lowest BCUT2D eigenvalue weighted by Crippen LogP contribution is -2.25. The van der Waals surface area contributed by atoms with Crippen LogP contribution in [0.2, 0.25) is 0 Å². The molecule has 8 nitrogen and oxygen atoms in total. The third kappa shape index (κ3) is 2.60. The molecule has 0 aromatic carbocycles. The van der Waals surface area contributed by atoms with Crippen LogP contribution in [0.5, 0.6) is 0 Å². The molecular weight excluding hydrogens is 251 g/mol. The Morgan fingerprint density at radius 3 is 2.94 bits per heavy atom. The van der Waals surface area contributed by atoms with Gasteiger partial charge in [0.25, 0.3) is 10.0 Å². The van der Waals surface area contributed by atoms with Gasteiger partial charge >= 0.3 is 0 Å². The lowest BCUT2D eigenvalue weighted by atomic mass is 10.5. The summed E-state index contributed by atoms with van der Waals surface area (Å²) >= 11 is 0. The van der Waals surface area contributed by atoms with Crippen molar-refractivity contribution >= 4 is 10.0 Å². The van der Waals surface area contributed by atoms with Crippen molar-refractivity contribution in [1.29, 1.82) is 0 Å². The first-order valence-electron chi connectivity index (χ1n) is 4.42. The normalized spacial score (nSPS) is 11.6. The van der Waals surface area contributed by atoms with Crippen molar-refractivity contribution in [2.24, 2.45) is 0 Å². The van der Waals surface area contributed by atoms with E-state index in [1.807, 2.05) is 0 Å². The van der Waals surface area contributed by atoms with E-state index in [1.54, 1.807) is 0 Å². The molecule has 0 saturated carbocycles. The van der Waals surface area contributed by atoms with Crippen LogP contribution in [0.3, 0.4) is 0 Å². The molecule has 0 aliphatic heterocycles. The van der Waals surface area contributed by atoms with Crippen LogP contribution in [0.25, 0.3) is 0 Å². The number of halogens is 1. The van der Waals surface area contributed by atoms with Crippen LogP contribution >= 0.6 is 0 Å². The summed E-state index contributed by atoms with van der Waals surface area (Å²) in [6, 6.07) is 2.31. The SMILES string of the molecule is O=S(=O)(NCc1nn[nH]n1)c1ncccc1F. The Kier molecular flexibility index (Phi) is 3.06. The summed E-state index contributed by atoms with van der Waals surface area (Å²) in [7, 11) is -4.02. The molecular formula is C7H7FN6O2S. The molecule has 0 bridgehead atoms. The van der Waals surface area contributed by atoms with E-state index >= 15 is 0 Å². The lowest BCUT2D eigenvalue weighted by Gasteiger charge is -2.03. The topological polar surface area (TPSA) is 114 Å². The summed E-state index contributed by atoms with van der Waals surface area (Å²) in [5, 5.41) is 11.8. The number of nitrogens with zero attached hydrogens (tertiary/aromatic N) is 4. The van der Waals surface area contributed by atoms with Crippen molar-refractivity contribution in [3.8, 4) is 0 Å². The monoisotopic (exact) mass is 258 g/mol. The van der Waals surface area contributed by atoms with E-state index in [4.69, 9.17) is 0 Å². The van der Waals surface area contributed by atoms with E-state index in [0.29, 0.717) is 0 Å². The number of nitrogens with one attached hydrogen (secondary N) is 2. The molecule has 17 heavy (non-hydrogen) atoms. The molecule has 2 aromatic heterocycles. The molecule has 2 heterocycles. The molecule has 0 atom stereocenters.